The molecule has 0 unspecified atom stereocenters. The molecule has 1 heterocycles. The number of cyclic esters (lactones) is 1. The molecule has 27 heavy (non-hydrogen) atoms. The maximum atomic E-state index is 12.3. The zero-order valence-electron chi connectivity index (χ0n) is 15.9. The first-order valence-corrected chi connectivity index (χ1v) is 8.64. The van der Waals surface area contributed by atoms with Gasteiger partial charge in [-0.1, -0.05) is 31.2 Å². The molecule has 140 valence electrons. The zero-order valence-corrected chi connectivity index (χ0v) is 15.9. The van der Waals surface area contributed by atoms with Gasteiger partial charge in [0, 0.05) is 5.56 Å². The number of methoxy groups -OCH3 is 3. The standard InChI is InChI=1S/C22H22O5/c1-5-14-6-8-16(9-7-14)18-13-17(22(23)27-18)10-15-11-19(24-2)21(26-4)20(12-15)25-3/h6-13H,5H2,1-4H3/b17-10-. The third kappa shape index (κ3) is 3.82. The minimum Gasteiger partial charge on any atom is -0.493 e. The molecule has 3 rings (SSSR count). The number of rotatable bonds is 6. The molecule has 0 fully saturated rings. The summed E-state index contributed by atoms with van der Waals surface area (Å²) in [6.45, 7) is 2.10. The second kappa shape index (κ2) is 7.99. The molecule has 1 aliphatic heterocycles. The van der Waals surface area contributed by atoms with Crippen LogP contribution < -0.4 is 14.2 Å². The van der Waals surface area contributed by atoms with Gasteiger partial charge < -0.3 is 18.9 Å². The number of benzene rings is 2. The smallest absolute Gasteiger partial charge is 0.343 e. The van der Waals surface area contributed by atoms with Crippen molar-refractivity contribution in [1.29, 1.82) is 0 Å². The maximum Gasteiger partial charge on any atom is 0.343 e. The molecule has 2 aromatic carbocycles. The summed E-state index contributed by atoms with van der Waals surface area (Å²) in [6, 6.07) is 11.5. The second-order valence-corrected chi connectivity index (χ2v) is 6.01. The van der Waals surface area contributed by atoms with Gasteiger partial charge in [0.1, 0.15) is 5.76 Å². The predicted molar refractivity (Wildman–Crippen MR) is 104 cm³/mol. The van der Waals surface area contributed by atoms with Gasteiger partial charge in [0.15, 0.2) is 11.5 Å². The molecular weight excluding hydrogens is 344 g/mol. The SMILES string of the molecule is CCc1ccc(C2=C/C(=C/c3cc(OC)c(OC)c(OC)c3)C(=O)O2)cc1. The van der Waals surface area contributed by atoms with E-state index in [-0.39, 0.29) is 0 Å². The molecule has 5 nitrogen and oxygen atoms in total. The molecule has 2 aromatic rings. The van der Waals surface area contributed by atoms with Gasteiger partial charge in [0.2, 0.25) is 5.75 Å². The Morgan fingerprint density at radius 1 is 0.963 bits per heavy atom. The first-order valence-electron chi connectivity index (χ1n) is 8.64. The third-order valence-corrected chi connectivity index (χ3v) is 4.38. The molecule has 1 aliphatic rings. The Labute approximate surface area is 158 Å². The first-order chi connectivity index (χ1) is 13.1. The van der Waals surface area contributed by atoms with Gasteiger partial charge in [0.05, 0.1) is 26.9 Å². The molecule has 0 radical (unpaired) electrons. The van der Waals surface area contributed by atoms with Gasteiger partial charge in [-0.2, -0.15) is 0 Å². The van der Waals surface area contributed by atoms with E-state index in [1.54, 1.807) is 45.6 Å². The van der Waals surface area contributed by atoms with E-state index in [1.165, 1.54) is 5.56 Å². The molecule has 0 bridgehead atoms. The number of hydrogen-bond donors (Lipinski definition) is 0. The summed E-state index contributed by atoms with van der Waals surface area (Å²) in [5, 5.41) is 0. The second-order valence-electron chi connectivity index (χ2n) is 6.01. The monoisotopic (exact) mass is 366 g/mol. The normalized spacial score (nSPS) is 14.7. The van der Waals surface area contributed by atoms with Gasteiger partial charge >= 0.3 is 5.97 Å². The Morgan fingerprint density at radius 2 is 1.59 bits per heavy atom. The van der Waals surface area contributed by atoms with Crippen LogP contribution in [0.15, 0.2) is 48.0 Å². The van der Waals surface area contributed by atoms with Crippen LogP contribution in [0.25, 0.3) is 11.8 Å². The van der Waals surface area contributed by atoms with Crippen molar-refractivity contribution in [1.82, 2.24) is 0 Å². The van der Waals surface area contributed by atoms with E-state index < -0.39 is 5.97 Å². The summed E-state index contributed by atoms with van der Waals surface area (Å²) in [6.07, 6.45) is 4.44. The van der Waals surface area contributed by atoms with Gasteiger partial charge in [-0.3, -0.25) is 0 Å². The highest BCUT2D eigenvalue weighted by atomic mass is 16.5. The highest BCUT2D eigenvalue weighted by Gasteiger charge is 2.22. The van der Waals surface area contributed by atoms with E-state index in [1.807, 2.05) is 24.3 Å². The first kappa shape index (κ1) is 18.6. The molecular formula is C22H22O5. The zero-order chi connectivity index (χ0) is 19.4. The largest absolute Gasteiger partial charge is 0.493 e. The van der Waals surface area contributed by atoms with Gasteiger partial charge in [0.25, 0.3) is 0 Å². The van der Waals surface area contributed by atoms with Crippen LogP contribution in [0.3, 0.4) is 0 Å². The van der Waals surface area contributed by atoms with Crippen LogP contribution >= 0.6 is 0 Å². The molecule has 0 aliphatic carbocycles. The number of hydrogen-bond acceptors (Lipinski definition) is 5. The summed E-state index contributed by atoms with van der Waals surface area (Å²) >= 11 is 0. The average molecular weight is 366 g/mol. The number of carbonyl (C=O) groups excluding carboxylic acids is 1. The van der Waals surface area contributed by atoms with E-state index >= 15 is 0 Å². The lowest BCUT2D eigenvalue weighted by molar-refractivity contribution is -0.130. The predicted octanol–water partition coefficient (Wildman–Crippen LogP) is 4.26. The van der Waals surface area contributed by atoms with E-state index in [0.717, 1.165) is 17.5 Å². The number of carbonyl (C=O) groups is 1. The van der Waals surface area contributed by atoms with Crippen molar-refractivity contribution in [3.63, 3.8) is 0 Å². The summed E-state index contributed by atoms with van der Waals surface area (Å²) < 4.78 is 21.5. The van der Waals surface area contributed by atoms with Crippen LogP contribution in [0.5, 0.6) is 17.2 Å². The Hall–Kier alpha value is -3.21. The van der Waals surface area contributed by atoms with Crippen LogP contribution in [0.2, 0.25) is 0 Å². The van der Waals surface area contributed by atoms with Crippen molar-refractivity contribution in [3.8, 4) is 17.2 Å². The summed E-state index contributed by atoms with van der Waals surface area (Å²) in [5.41, 5.74) is 3.31. The Kier molecular flexibility index (Phi) is 5.50. The van der Waals surface area contributed by atoms with Crippen molar-refractivity contribution < 1.29 is 23.7 Å². The fraction of sp³-hybridized carbons (Fsp3) is 0.227. The Balaban J connectivity index is 1.96. The molecule has 0 aromatic heterocycles. The summed E-state index contributed by atoms with van der Waals surface area (Å²) in [5.74, 6) is 1.70. The topological polar surface area (TPSA) is 54.0 Å². The van der Waals surface area contributed by atoms with Gasteiger partial charge in [-0.05, 0) is 41.8 Å². The Morgan fingerprint density at radius 3 is 2.11 bits per heavy atom. The third-order valence-electron chi connectivity index (χ3n) is 4.38. The van der Waals surface area contributed by atoms with Crippen molar-refractivity contribution in [2.45, 2.75) is 13.3 Å². The minimum atomic E-state index is -0.390. The highest BCUT2D eigenvalue weighted by molar-refractivity contribution is 6.05. The molecule has 0 amide bonds. The van der Waals surface area contributed by atoms with Crippen LogP contribution in [0.1, 0.15) is 23.6 Å². The van der Waals surface area contributed by atoms with Crippen molar-refractivity contribution in [2.24, 2.45) is 0 Å². The molecule has 0 N–H and O–H groups in total. The number of aryl methyl sites for hydroxylation is 1. The number of esters is 1. The average Bonchev–Trinajstić information content (AvgIpc) is 3.07. The summed E-state index contributed by atoms with van der Waals surface area (Å²) in [4.78, 5) is 12.3. The van der Waals surface area contributed by atoms with Gasteiger partial charge in [-0.25, -0.2) is 4.79 Å². The van der Waals surface area contributed by atoms with Crippen molar-refractivity contribution >= 4 is 17.8 Å². The molecule has 0 saturated carbocycles. The fourth-order valence-corrected chi connectivity index (χ4v) is 2.90. The lowest BCUT2D eigenvalue weighted by Crippen LogP contribution is -1.98. The molecule has 0 atom stereocenters. The molecule has 5 heteroatoms. The van der Waals surface area contributed by atoms with E-state index in [4.69, 9.17) is 18.9 Å². The minimum absolute atomic E-state index is 0.390. The van der Waals surface area contributed by atoms with E-state index in [2.05, 4.69) is 6.92 Å². The fourth-order valence-electron chi connectivity index (χ4n) is 2.90. The van der Waals surface area contributed by atoms with Crippen molar-refractivity contribution in [2.75, 3.05) is 21.3 Å². The highest BCUT2D eigenvalue weighted by Crippen LogP contribution is 2.39. The van der Waals surface area contributed by atoms with E-state index in [0.29, 0.717) is 28.6 Å². The van der Waals surface area contributed by atoms with Gasteiger partial charge in [-0.15, -0.1) is 0 Å². The van der Waals surface area contributed by atoms with Crippen LogP contribution in [-0.4, -0.2) is 27.3 Å². The quantitative estimate of drug-likeness (QED) is 0.565. The summed E-state index contributed by atoms with van der Waals surface area (Å²) in [7, 11) is 4.65. The van der Waals surface area contributed by atoms with Crippen LogP contribution in [0, 0.1) is 0 Å². The van der Waals surface area contributed by atoms with Crippen molar-refractivity contribution in [3.05, 3.63) is 64.7 Å². The maximum absolute atomic E-state index is 12.3. The molecule has 0 saturated heterocycles. The number of ether oxygens (including phenoxy) is 4. The Bertz CT molecular complexity index is 882. The van der Waals surface area contributed by atoms with Crippen LogP contribution in [-0.2, 0) is 16.0 Å². The lowest BCUT2D eigenvalue weighted by Gasteiger charge is -2.12. The lowest BCUT2D eigenvalue weighted by atomic mass is 10.1. The van der Waals surface area contributed by atoms with Crippen LogP contribution in [0.4, 0.5) is 0 Å². The molecule has 0 spiro atoms. The van der Waals surface area contributed by atoms with E-state index in [9.17, 15) is 4.79 Å².